The summed E-state index contributed by atoms with van der Waals surface area (Å²) in [6.07, 6.45) is -0.0115. The maximum absolute atomic E-state index is 11.5. The van der Waals surface area contributed by atoms with Crippen LogP contribution in [-0.2, 0) is 14.3 Å². The lowest BCUT2D eigenvalue weighted by Crippen LogP contribution is -2.44. The zero-order valence-electron chi connectivity index (χ0n) is 8.51. The van der Waals surface area contributed by atoms with Gasteiger partial charge in [-0.05, 0) is 13.8 Å². The molecular weight excluding hydrogens is 250 g/mol. The molecule has 5 heteroatoms. The van der Waals surface area contributed by atoms with Crippen molar-refractivity contribution in [2.24, 2.45) is 0 Å². The van der Waals surface area contributed by atoms with Crippen molar-refractivity contribution in [2.75, 3.05) is 26.4 Å². The van der Waals surface area contributed by atoms with E-state index in [0.717, 1.165) is 0 Å². The first-order chi connectivity index (χ1) is 6.50. The Bertz CT molecular complexity index is 197. The minimum Gasteiger partial charge on any atom is -0.376 e. The fourth-order valence-electron chi connectivity index (χ4n) is 1.07. The van der Waals surface area contributed by atoms with E-state index in [1.54, 1.807) is 13.8 Å². The van der Waals surface area contributed by atoms with Crippen LogP contribution >= 0.6 is 15.9 Å². The lowest BCUT2D eigenvalue weighted by molar-refractivity contribution is -0.125. The molecule has 4 nitrogen and oxygen atoms in total. The van der Waals surface area contributed by atoms with Gasteiger partial charge < -0.3 is 14.8 Å². The lowest BCUT2D eigenvalue weighted by atomic mass is 10.2. The fourth-order valence-corrected chi connectivity index (χ4v) is 1.21. The van der Waals surface area contributed by atoms with E-state index >= 15 is 0 Å². The molecule has 0 saturated carbocycles. The zero-order chi connectivity index (χ0) is 10.6. The van der Waals surface area contributed by atoms with Crippen molar-refractivity contribution in [1.29, 1.82) is 0 Å². The Morgan fingerprint density at radius 3 is 2.79 bits per heavy atom. The van der Waals surface area contributed by atoms with Crippen LogP contribution in [0.25, 0.3) is 0 Å². The first kappa shape index (κ1) is 11.9. The van der Waals surface area contributed by atoms with Gasteiger partial charge in [0.25, 0.3) is 0 Å². The molecule has 0 aliphatic carbocycles. The molecule has 0 radical (unpaired) electrons. The summed E-state index contributed by atoms with van der Waals surface area (Å²) in [6, 6.07) is 0. The Hall–Kier alpha value is -0.130. The van der Waals surface area contributed by atoms with Gasteiger partial charge in [0.15, 0.2) is 0 Å². The maximum Gasteiger partial charge on any atom is 0.236 e. The quantitative estimate of drug-likeness (QED) is 0.765. The first-order valence-electron chi connectivity index (χ1n) is 4.66. The van der Waals surface area contributed by atoms with Crippen LogP contribution in [0.3, 0.4) is 0 Å². The molecule has 0 bridgehead atoms. The molecule has 1 aliphatic heterocycles. The van der Waals surface area contributed by atoms with E-state index in [2.05, 4.69) is 21.2 Å². The van der Waals surface area contributed by atoms with Crippen molar-refractivity contribution < 1.29 is 14.3 Å². The van der Waals surface area contributed by atoms with Gasteiger partial charge in [-0.2, -0.15) is 0 Å². The van der Waals surface area contributed by atoms with Crippen molar-refractivity contribution in [2.45, 2.75) is 24.3 Å². The lowest BCUT2D eigenvalue weighted by Gasteiger charge is -2.24. The molecule has 0 aromatic rings. The summed E-state index contributed by atoms with van der Waals surface area (Å²) in [5.41, 5.74) is 0. The summed E-state index contributed by atoms with van der Waals surface area (Å²) >= 11 is 3.28. The largest absolute Gasteiger partial charge is 0.376 e. The van der Waals surface area contributed by atoms with Gasteiger partial charge in [0.2, 0.25) is 5.91 Å². The molecule has 1 unspecified atom stereocenters. The molecule has 1 amide bonds. The van der Waals surface area contributed by atoms with Gasteiger partial charge >= 0.3 is 0 Å². The second kappa shape index (κ2) is 5.09. The first-order valence-corrected chi connectivity index (χ1v) is 5.46. The Labute approximate surface area is 92.5 Å². The SMILES string of the molecule is CC(C)(Br)C(=O)NCC1COCCO1. The summed E-state index contributed by atoms with van der Waals surface area (Å²) in [5, 5.41) is 2.80. The standard InChI is InChI=1S/C9H16BrNO3/c1-9(2,10)8(12)11-5-7-6-13-3-4-14-7/h7H,3-6H2,1-2H3,(H,11,12). The van der Waals surface area contributed by atoms with E-state index in [0.29, 0.717) is 26.4 Å². The highest BCUT2D eigenvalue weighted by atomic mass is 79.9. The molecule has 1 rings (SSSR count). The second-order valence-corrected chi connectivity index (χ2v) is 5.73. The average Bonchev–Trinajstić information content (AvgIpc) is 2.14. The van der Waals surface area contributed by atoms with E-state index < -0.39 is 4.32 Å². The molecule has 0 aromatic carbocycles. The van der Waals surface area contributed by atoms with Crippen molar-refractivity contribution in [3.8, 4) is 0 Å². The molecule has 14 heavy (non-hydrogen) atoms. The van der Waals surface area contributed by atoms with E-state index in [1.165, 1.54) is 0 Å². The van der Waals surface area contributed by atoms with Crippen LogP contribution in [0.1, 0.15) is 13.8 Å². The van der Waals surface area contributed by atoms with Crippen LogP contribution in [0.2, 0.25) is 0 Å². The average molecular weight is 266 g/mol. The summed E-state index contributed by atoms with van der Waals surface area (Å²) < 4.78 is 10.1. The third-order valence-corrected chi connectivity index (χ3v) is 2.28. The van der Waals surface area contributed by atoms with Gasteiger partial charge in [-0.25, -0.2) is 0 Å². The number of carbonyl (C=O) groups is 1. The highest BCUT2D eigenvalue weighted by Gasteiger charge is 2.24. The number of ether oxygens (including phenoxy) is 2. The van der Waals surface area contributed by atoms with Gasteiger partial charge in [-0.15, -0.1) is 0 Å². The van der Waals surface area contributed by atoms with E-state index in [1.807, 2.05) is 0 Å². The van der Waals surface area contributed by atoms with Crippen LogP contribution in [-0.4, -0.2) is 42.7 Å². The normalized spacial score (nSPS) is 23.2. The molecule has 1 N–H and O–H groups in total. The fraction of sp³-hybridized carbons (Fsp3) is 0.889. The molecule has 1 saturated heterocycles. The number of rotatable bonds is 3. The zero-order valence-corrected chi connectivity index (χ0v) is 10.1. The van der Waals surface area contributed by atoms with Crippen molar-refractivity contribution in [1.82, 2.24) is 5.32 Å². The van der Waals surface area contributed by atoms with Crippen molar-refractivity contribution in [3.63, 3.8) is 0 Å². The Morgan fingerprint density at radius 1 is 1.57 bits per heavy atom. The summed E-state index contributed by atoms with van der Waals surface area (Å²) in [7, 11) is 0. The number of hydrogen-bond donors (Lipinski definition) is 1. The Morgan fingerprint density at radius 2 is 2.29 bits per heavy atom. The highest BCUT2D eigenvalue weighted by Crippen LogP contribution is 2.15. The summed E-state index contributed by atoms with van der Waals surface area (Å²) in [4.78, 5) is 11.5. The third-order valence-electron chi connectivity index (χ3n) is 1.92. The van der Waals surface area contributed by atoms with E-state index in [9.17, 15) is 4.79 Å². The molecule has 1 fully saturated rings. The topological polar surface area (TPSA) is 47.6 Å². The van der Waals surface area contributed by atoms with Crippen LogP contribution in [0, 0.1) is 0 Å². The number of amides is 1. The summed E-state index contributed by atoms with van der Waals surface area (Å²) in [6.45, 7) is 5.94. The van der Waals surface area contributed by atoms with Gasteiger partial charge in [0.1, 0.15) is 0 Å². The summed E-state index contributed by atoms with van der Waals surface area (Å²) in [5.74, 6) is -0.0355. The predicted molar refractivity (Wildman–Crippen MR) is 56.6 cm³/mol. The number of hydrogen-bond acceptors (Lipinski definition) is 3. The van der Waals surface area contributed by atoms with Crippen molar-refractivity contribution in [3.05, 3.63) is 0 Å². The van der Waals surface area contributed by atoms with Gasteiger partial charge in [0.05, 0.1) is 30.2 Å². The molecule has 82 valence electrons. The van der Waals surface area contributed by atoms with Crippen LogP contribution < -0.4 is 5.32 Å². The number of halogens is 1. The molecule has 1 heterocycles. The van der Waals surface area contributed by atoms with Crippen molar-refractivity contribution >= 4 is 21.8 Å². The maximum atomic E-state index is 11.5. The smallest absolute Gasteiger partial charge is 0.236 e. The molecule has 1 atom stereocenters. The minimum absolute atomic E-state index is 0.0115. The molecule has 0 spiro atoms. The molecule has 1 aliphatic rings. The van der Waals surface area contributed by atoms with Gasteiger partial charge in [0, 0.05) is 6.54 Å². The predicted octanol–water partition coefficient (Wildman–Crippen LogP) is 0.692. The Kier molecular flexibility index (Phi) is 4.34. The highest BCUT2D eigenvalue weighted by molar-refractivity contribution is 9.10. The van der Waals surface area contributed by atoms with Crippen LogP contribution in [0.15, 0.2) is 0 Å². The Balaban J connectivity index is 2.22. The third kappa shape index (κ3) is 3.94. The van der Waals surface area contributed by atoms with E-state index in [4.69, 9.17) is 9.47 Å². The van der Waals surface area contributed by atoms with Crippen LogP contribution in [0.4, 0.5) is 0 Å². The monoisotopic (exact) mass is 265 g/mol. The van der Waals surface area contributed by atoms with Gasteiger partial charge in [-0.3, -0.25) is 4.79 Å². The van der Waals surface area contributed by atoms with E-state index in [-0.39, 0.29) is 12.0 Å². The van der Waals surface area contributed by atoms with Gasteiger partial charge in [-0.1, -0.05) is 15.9 Å². The molecule has 0 aromatic heterocycles. The second-order valence-electron chi connectivity index (χ2n) is 3.75. The minimum atomic E-state index is -0.525. The number of carbonyl (C=O) groups excluding carboxylic acids is 1. The molecular formula is C9H16BrNO3. The number of alkyl halides is 1. The van der Waals surface area contributed by atoms with Crippen LogP contribution in [0.5, 0.6) is 0 Å². The number of nitrogens with one attached hydrogen (secondary N) is 1.